The van der Waals surface area contributed by atoms with Crippen LogP contribution in [0.1, 0.15) is 27.3 Å². The second-order valence-electron chi connectivity index (χ2n) is 7.11. The molecular formula is C24H21FN2OS. The lowest BCUT2D eigenvalue weighted by atomic mass is 10.1. The van der Waals surface area contributed by atoms with Gasteiger partial charge in [-0.3, -0.25) is 4.79 Å². The Morgan fingerprint density at radius 2 is 1.83 bits per heavy atom. The molecule has 2 aromatic heterocycles. The molecule has 0 fully saturated rings. The smallest absolute Gasteiger partial charge is 0.174 e. The number of benzene rings is 2. The van der Waals surface area contributed by atoms with E-state index in [1.807, 2.05) is 54.8 Å². The highest BCUT2D eigenvalue weighted by atomic mass is 32.2. The number of aromatic nitrogens is 2. The predicted octanol–water partition coefficient (Wildman–Crippen LogP) is 6.06. The van der Waals surface area contributed by atoms with Crippen LogP contribution in [0.5, 0.6) is 0 Å². The number of carbonyl (C=O) groups excluding carboxylic acids is 1. The zero-order chi connectivity index (χ0) is 20.5. The summed E-state index contributed by atoms with van der Waals surface area (Å²) in [6.07, 6.45) is 0. The number of halogens is 1. The number of rotatable bonds is 5. The zero-order valence-corrected chi connectivity index (χ0v) is 17.4. The van der Waals surface area contributed by atoms with Crippen LogP contribution in [0, 0.1) is 26.6 Å². The van der Waals surface area contributed by atoms with E-state index in [0.29, 0.717) is 11.3 Å². The quantitative estimate of drug-likeness (QED) is 0.299. The van der Waals surface area contributed by atoms with E-state index in [4.69, 9.17) is 0 Å². The maximum atomic E-state index is 13.6. The molecule has 0 spiro atoms. The van der Waals surface area contributed by atoms with E-state index in [2.05, 4.69) is 18.0 Å². The van der Waals surface area contributed by atoms with Crippen LogP contribution >= 0.6 is 11.8 Å². The Morgan fingerprint density at radius 3 is 2.62 bits per heavy atom. The van der Waals surface area contributed by atoms with Crippen molar-refractivity contribution in [3.63, 3.8) is 0 Å². The largest absolute Gasteiger partial charge is 0.318 e. The third-order valence-electron chi connectivity index (χ3n) is 5.05. The van der Waals surface area contributed by atoms with Crippen molar-refractivity contribution < 1.29 is 9.18 Å². The van der Waals surface area contributed by atoms with E-state index >= 15 is 0 Å². The van der Waals surface area contributed by atoms with Crippen molar-refractivity contribution in [1.82, 2.24) is 9.55 Å². The van der Waals surface area contributed by atoms with Gasteiger partial charge in [0.25, 0.3) is 0 Å². The van der Waals surface area contributed by atoms with E-state index in [1.54, 1.807) is 6.07 Å². The molecule has 5 heteroatoms. The number of pyridine rings is 1. The van der Waals surface area contributed by atoms with Gasteiger partial charge in [0, 0.05) is 28.0 Å². The molecule has 2 heterocycles. The second-order valence-corrected chi connectivity index (χ2v) is 8.10. The average Bonchev–Trinajstić information content (AvgIpc) is 3.00. The lowest BCUT2D eigenvalue weighted by molar-refractivity contribution is 0.102. The standard InChI is InChI=1S/C24H21FN2OS/c1-15-11-24(26-22-10-5-4-9-20(15)22)29-14-23(28)21-12-16(2)27(17(21)3)19-8-6-7-18(25)13-19/h4-13H,14H2,1-3H3. The van der Waals surface area contributed by atoms with Gasteiger partial charge < -0.3 is 4.57 Å². The van der Waals surface area contributed by atoms with Gasteiger partial charge in [-0.1, -0.05) is 36.0 Å². The Morgan fingerprint density at radius 1 is 1.03 bits per heavy atom. The molecule has 0 saturated carbocycles. The van der Waals surface area contributed by atoms with Gasteiger partial charge in [0.15, 0.2) is 5.78 Å². The molecule has 0 N–H and O–H groups in total. The SMILES string of the molecule is Cc1cc(SCC(=O)c2cc(C)n(-c3cccc(F)c3)c2C)nc2ccccc12. The molecule has 0 aliphatic heterocycles. The van der Waals surface area contributed by atoms with Crippen LogP contribution in [-0.2, 0) is 0 Å². The van der Waals surface area contributed by atoms with Crippen LogP contribution in [0.15, 0.2) is 65.7 Å². The molecule has 2 aromatic carbocycles. The summed E-state index contributed by atoms with van der Waals surface area (Å²) >= 11 is 1.44. The van der Waals surface area contributed by atoms with Crippen molar-refractivity contribution in [2.24, 2.45) is 0 Å². The van der Waals surface area contributed by atoms with E-state index in [9.17, 15) is 9.18 Å². The fourth-order valence-electron chi connectivity index (χ4n) is 3.67. The van der Waals surface area contributed by atoms with Crippen molar-refractivity contribution in [3.8, 4) is 5.69 Å². The molecule has 0 saturated heterocycles. The third-order valence-corrected chi connectivity index (χ3v) is 5.96. The van der Waals surface area contributed by atoms with E-state index in [1.165, 1.54) is 23.9 Å². The summed E-state index contributed by atoms with van der Waals surface area (Å²) in [6, 6.07) is 18.3. The van der Waals surface area contributed by atoms with E-state index < -0.39 is 0 Å². The second kappa shape index (κ2) is 7.84. The summed E-state index contributed by atoms with van der Waals surface area (Å²) in [5, 5.41) is 1.97. The minimum atomic E-state index is -0.295. The van der Waals surface area contributed by atoms with E-state index in [-0.39, 0.29) is 11.6 Å². The van der Waals surface area contributed by atoms with Crippen molar-refractivity contribution in [3.05, 3.63) is 89.0 Å². The van der Waals surface area contributed by atoms with Gasteiger partial charge in [0.1, 0.15) is 5.82 Å². The molecule has 4 rings (SSSR count). The summed E-state index contributed by atoms with van der Waals surface area (Å²) in [5.74, 6) is 0.0487. The molecule has 4 aromatic rings. The van der Waals surface area contributed by atoms with Gasteiger partial charge in [-0.2, -0.15) is 0 Å². The molecule has 0 amide bonds. The molecule has 29 heavy (non-hydrogen) atoms. The maximum Gasteiger partial charge on any atom is 0.174 e. The van der Waals surface area contributed by atoms with Gasteiger partial charge in [0.2, 0.25) is 0 Å². The molecule has 0 unspecified atom stereocenters. The number of hydrogen-bond donors (Lipinski definition) is 0. The van der Waals surface area contributed by atoms with Gasteiger partial charge >= 0.3 is 0 Å². The number of Topliss-reactive ketones (excluding diaryl/α,β-unsaturated/α-hetero) is 1. The molecule has 0 aliphatic rings. The number of thioether (sulfide) groups is 1. The lowest BCUT2D eigenvalue weighted by Gasteiger charge is -2.10. The highest BCUT2D eigenvalue weighted by molar-refractivity contribution is 7.99. The highest BCUT2D eigenvalue weighted by Crippen LogP contribution is 2.26. The average molecular weight is 405 g/mol. The summed E-state index contributed by atoms with van der Waals surface area (Å²) < 4.78 is 15.6. The van der Waals surface area contributed by atoms with Gasteiger partial charge in [-0.15, -0.1) is 0 Å². The molecule has 0 aliphatic carbocycles. The first-order valence-corrected chi connectivity index (χ1v) is 10.4. The molecule has 0 bridgehead atoms. The normalized spacial score (nSPS) is 11.2. The highest BCUT2D eigenvalue weighted by Gasteiger charge is 2.17. The molecule has 0 atom stereocenters. The van der Waals surface area contributed by atoms with Crippen molar-refractivity contribution in [1.29, 1.82) is 0 Å². The van der Waals surface area contributed by atoms with Gasteiger partial charge in [-0.05, 0) is 62.7 Å². The number of para-hydroxylation sites is 1. The molecule has 3 nitrogen and oxygen atoms in total. The van der Waals surface area contributed by atoms with Gasteiger partial charge in [0.05, 0.1) is 16.3 Å². The predicted molar refractivity (Wildman–Crippen MR) is 117 cm³/mol. The number of hydrogen-bond acceptors (Lipinski definition) is 3. The fraction of sp³-hybridized carbons (Fsp3) is 0.167. The Balaban J connectivity index is 1.57. The minimum absolute atomic E-state index is 0.0402. The van der Waals surface area contributed by atoms with Gasteiger partial charge in [-0.25, -0.2) is 9.37 Å². The van der Waals surface area contributed by atoms with Crippen molar-refractivity contribution >= 4 is 28.4 Å². The van der Waals surface area contributed by atoms with Crippen LogP contribution in [-0.4, -0.2) is 21.1 Å². The monoisotopic (exact) mass is 404 g/mol. The molecular weight excluding hydrogens is 383 g/mol. The summed E-state index contributed by atoms with van der Waals surface area (Å²) in [7, 11) is 0. The lowest BCUT2D eigenvalue weighted by Crippen LogP contribution is -2.06. The maximum absolute atomic E-state index is 13.6. The number of fused-ring (bicyclic) bond motifs is 1. The summed E-state index contributed by atoms with van der Waals surface area (Å²) in [6.45, 7) is 5.88. The molecule has 146 valence electrons. The number of nitrogens with zero attached hydrogens (tertiary/aromatic N) is 2. The zero-order valence-electron chi connectivity index (χ0n) is 16.6. The number of aryl methyl sites for hydroxylation is 2. The topological polar surface area (TPSA) is 34.9 Å². The van der Waals surface area contributed by atoms with Crippen LogP contribution in [0.4, 0.5) is 4.39 Å². The minimum Gasteiger partial charge on any atom is -0.318 e. The summed E-state index contributed by atoms with van der Waals surface area (Å²) in [5.41, 5.74) is 5.19. The van der Waals surface area contributed by atoms with E-state index in [0.717, 1.165) is 38.6 Å². The Hall–Kier alpha value is -2.92. The number of ketones is 1. The summed E-state index contributed by atoms with van der Waals surface area (Å²) in [4.78, 5) is 17.6. The Kier molecular flexibility index (Phi) is 5.24. The Bertz CT molecular complexity index is 1230. The van der Waals surface area contributed by atoms with Crippen LogP contribution in [0.2, 0.25) is 0 Å². The first-order valence-electron chi connectivity index (χ1n) is 9.41. The third kappa shape index (κ3) is 3.83. The fourth-order valence-corrected chi connectivity index (χ4v) is 4.52. The van der Waals surface area contributed by atoms with Crippen molar-refractivity contribution in [2.45, 2.75) is 25.8 Å². The van der Waals surface area contributed by atoms with Crippen molar-refractivity contribution in [2.75, 3.05) is 5.75 Å². The first-order chi connectivity index (χ1) is 13.9. The van der Waals surface area contributed by atoms with Crippen LogP contribution in [0.3, 0.4) is 0 Å². The first kappa shape index (κ1) is 19.4. The Labute approximate surface area is 173 Å². The van der Waals surface area contributed by atoms with Crippen LogP contribution < -0.4 is 0 Å². The molecule has 0 radical (unpaired) electrons. The number of carbonyl (C=O) groups is 1. The van der Waals surface area contributed by atoms with Crippen LogP contribution in [0.25, 0.3) is 16.6 Å².